The summed E-state index contributed by atoms with van der Waals surface area (Å²) < 4.78 is 6.49. The zero-order valence-corrected chi connectivity index (χ0v) is 13.8. The van der Waals surface area contributed by atoms with Crippen LogP contribution in [0.25, 0.3) is 0 Å². The van der Waals surface area contributed by atoms with Gasteiger partial charge in [-0.3, -0.25) is 0 Å². The quantitative estimate of drug-likeness (QED) is 0.480. The summed E-state index contributed by atoms with van der Waals surface area (Å²) in [6, 6.07) is 0. The van der Waals surface area contributed by atoms with Crippen molar-refractivity contribution in [3.8, 4) is 12.3 Å². The number of hydrogen-bond donors (Lipinski definition) is 0. The van der Waals surface area contributed by atoms with Gasteiger partial charge in [-0.15, -0.1) is 6.42 Å². The fraction of sp³-hybridized carbons (Fsp3) is 0.867. The first-order valence-electron chi connectivity index (χ1n) is 6.82. The van der Waals surface area contributed by atoms with E-state index in [-0.39, 0.29) is 10.6 Å². The van der Waals surface area contributed by atoms with Crippen molar-refractivity contribution >= 4 is 8.32 Å². The van der Waals surface area contributed by atoms with Crippen molar-refractivity contribution < 1.29 is 4.43 Å². The molecule has 17 heavy (non-hydrogen) atoms. The van der Waals surface area contributed by atoms with Crippen molar-refractivity contribution in [2.45, 2.75) is 84.0 Å². The van der Waals surface area contributed by atoms with Gasteiger partial charge >= 0.3 is 0 Å². The molecule has 0 saturated carbocycles. The molecule has 0 amide bonds. The van der Waals surface area contributed by atoms with Crippen LogP contribution in [-0.4, -0.2) is 13.9 Å². The maximum Gasteiger partial charge on any atom is 0.194 e. The first-order valence-corrected chi connectivity index (χ1v) is 9.73. The monoisotopic (exact) mass is 254 g/mol. The largest absolute Gasteiger partial charge is 0.401 e. The lowest BCUT2D eigenvalue weighted by Gasteiger charge is -2.43. The highest BCUT2D eigenvalue weighted by Crippen LogP contribution is 2.40. The van der Waals surface area contributed by atoms with Gasteiger partial charge in [0, 0.05) is 0 Å². The van der Waals surface area contributed by atoms with Crippen LogP contribution in [0.1, 0.15) is 60.3 Å². The van der Waals surface area contributed by atoms with Crippen LogP contribution < -0.4 is 0 Å². The molecular weight excluding hydrogens is 224 g/mol. The van der Waals surface area contributed by atoms with Crippen LogP contribution in [0.5, 0.6) is 0 Å². The summed E-state index contributed by atoms with van der Waals surface area (Å²) >= 11 is 0. The Labute approximate surface area is 109 Å². The standard InChI is InChI=1S/C15H30OSi/c1-9-12-13-15(10-2,11-3)16-17(7,8)14(4,5)6/h2H,9,11-13H2,1,3-8H3. The summed E-state index contributed by atoms with van der Waals surface area (Å²) in [5.41, 5.74) is -0.334. The van der Waals surface area contributed by atoms with Gasteiger partial charge in [-0.2, -0.15) is 0 Å². The lowest BCUT2D eigenvalue weighted by molar-refractivity contribution is 0.0957. The van der Waals surface area contributed by atoms with Crippen LogP contribution in [0.15, 0.2) is 0 Å². The summed E-state index contributed by atoms with van der Waals surface area (Å²) in [6.45, 7) is 15.7. The van der Waals surface area contributed by atoms with E-state index >= 15 is 0 Å². The van der Waals surface area contributed by atoms with Gasteiger partial charge in [0.05, 0.1) is 0 Å². The zero-order chi connectivity index (χ0) is 13.7. The van der Waals surface area contributed by atoms with E-state index in [1.807, 2.05) is 0 Å². The summed E-state index contributed by atoms with van der Waals surface area (Å²) in [6.07, 6.45) is 9.97. The van der Waals surface area contributed by atoms with E-state index in [0.29, 0.717) is 0 Å². The van der Waals surface area contributed by atoms with Crippen LogP contribution in [-0.2, 0) is 4.43 Å². The minimum Gasteiger partial charge on any atom is -0.401 e. The summed E-state index contributed by atoms with van der Waals surface area (Å²) in [5.74, 6) is 2.94. The van der Waals surface area contributed by atoms with Crippen molar-refractivity contribution in [2.24, 2.45) is 0 Å². The summed E-state index contributed by atoms with van der Waals surface area (Å²) in [5, 5.41) is 0.219. The molecular formula is C15H30OSi. The summed E-state index contributed by atoms with van der Waals surface area (Å²) in [4.78, 5) is 0. The molecule has 0 aliphatic carbocycles. The van der Waals surface area contributed by atoms with E-state index in [2.05, 4.69) is 53.6 Å². The average molecular weight is 254 g/mol. The smallest absolute Gasteiger partial charge is 0.194 e. The van der Waals surface area contributed by atoms with Gasteiger partial charge in [-0.1, -0.05) is 47.0 Å². The van der Waals surface area contributed by atoms with E-state index in [1.165, 1.54) is 6.42 Å². The highest BCUT2D eigenvalue weighted by atomic mass is 28.4. The predicted molar refractivity (Wildman–Crippen MR) is 79.7 cm³/mol. The van der Waals surface area contributed by atoms with Crippen LogP contribution in [0.2, 0.25) is 18.1 Å². The van der Waals surface area contributed by atoms with E-state index in [9.17, 15) is 0 Å². The van der Waals surface area contributed by atoms with Crippen molar-refractivity contribution in [3.05, 3.63) is 0 Å². The van der Waals surface area contributed by atoms with E-state index < -0.39 is 8.32 Å². The van der Waals surface area contributed by atoms with Crippen LogP contribution in [0.4, 0.5) is 0 Å². The molecule has 0 heterocycles. The second-order valence-electron chi connectivity index (χ2n) is 6.46. The molecule has 0 aromatic heterocycles. The highest BCUT2D eigenvalue weighted by molar-refractivity contribution is 6.74. The molecule has 0 saturated heterocycles. The van der Waals surface area contributed by atoms with Crippen molar-refractivity contribution in [3.63, 3.8) is 0 Å². The molecule has 100 valence electrons. The molecule has 0 rings (SSSR count). The first-order chi connectivity index (χ1) is 7.64. The third kappa shape index (κ3) is 4.48. The Morgan fingerprint density at radius 3 is 2.00 bits per heavy atom. The minimum absolute atomic E-state index is 0.219. The highest BCUT2D eigenvalue weighted by Gasteiger charge is 2.43. The Bertz CT molecular complexity index is 270. The van der Waals surface area contributed by atoms with Crippen LogP contribution >= 0.6 is 0 Å². The van der Waals surface area contributed by atoms with Crippen molar-refractivity contribution in [2.75, 3.05) is 0 Å². The van der Waals surface area contributed by atoms with E-state index in [0.717, 1.165) is 19.3 Å². The SMILES string of the molecule is C#CC(CC)(CCCC)O[Si](C)(C)C(C)(C)C. The maximum atomic E-state index is 6.49. The second kappa shape index (κ2) is 6.07. The third-order valence-corrected chi connectivity index (χ3v) is 8.54. The molecule has 0 fully saturated rings. The fourth-order valence-corrected chi connectivity index (χ4v) is 3.20. The molecule has 1 nitrogen and oxygen atoms in total. The Morgan fingerprint density at radius 1 is 1.18 bits per heavy atom. The zero-order valence-electron chi connectivity index (χ0n) is 12.8. The maximum absolute atomic E-state index is 6.49. The topological polar surface area (TPSA) is 9.23 Å². The summed E-state index contributed by atoms with van der Waals surface area (Å²) in [7, 11) is -1.77. The van der Waals surface area contributed by atoms with Gasteiger partial charge in [0.2, 0.25) is 0 Å². The lowest BCUT2D eigenvalue weighted by atomic mass is 9.95. The molecule has 0 aromatic carbocycles. The number of hydrogen-bond acceptors (Lipinski definition) is 1. The number of rotatable bonds is 6. The Hall–Kier alpha value is -0.263. The molecule has 0 aliphatic heterocycles. The van der Waals surface area contributed by atoms with Crippen molar-refractivity contribution in [1.29, 1.82) is 0 Å². The molecule has 0 aliphatic rings. The second-order valence-corrected chi connectivity index (χ2v) is 11.2. The Kier molecular flexibility index (Phi) is 5.97. The van der Waals surface area contributed by atoms with Gasteiger partial charge < -0.3 is 4.43 Å². The van der Waals surface area contributed by atoms with Gasteiger partial charge in [-0.05, 0) is 37.4 Å². The van der Waals surface area contributed by atoms with E-state index in [1.54, 1.807) is 0 Å². The number of unbranched alkanes of at least 4 members (excludes halogenated alkanes) is 1. The number of terminal acetylenes is 1. The van der Waals surface area contributed by atoms with Crippen LogP contribution in [0, 0.1) is 12.3 Å². The fourth-order valence-electron chi connectivity index (χ4n) is 1.61. The van der Waals surface area contributed by atoms with Gasteiger partial charge in [-0.25, -0.2) is 0 Å². The average Bonchev–Trinajstić information content (AvgIpc) is 2.22. The molecule has 0 bridgehead atoms. The normalized spacial score (nSPS) is 16.4. The van der Waals surface area contributed by atoms with Gasteiger partial charge in [0.15, 0.2) is 8.32 Å². The van der Waals surface area contributed by atoms with Gasteiger partial charge in [0.25, 0.3) is 0 Å². The Morgan fingerprint density at radius 2 is 1.71 bits per heavy atom. The molecule has 0 radical (unpaired) electrons. The molecule has 0 N–H and O–H groups in total. The van der Waals surface area contributed by atoms with E-state index in [4.69, 9.17) is 10.8 Å². The van der Waals surface area contributed by atoms with Crippen molar-refractivity contribution in [1.82, 2.24) is 0 Å². The molecule has 2 heteroatoms. The molecule has 1 atom stereocenters. The Balaban J connectivity index is 4.94. The first kappa shape index (κ1) is 16.7. The molecule has 0 aromatic rings. The van der Waals surface area contributed by atoms with Crippen LogP contribution in [0.3, 0.4) is 0 Å². The molecule has 0 spiro atoms. The third-order valence-electron chi connectivity index (χ3n) is 4.03. The lowest BCUT2D eigenvalue weighted by Crippen LogP contribution is -2.49. The molecule has 1 unspecified atom stereocenters. The predicted octanol–water partition coefficient (Wildman–Crippen LogP) is 4.98. The minimum atomic E-state index is -1.77. The van der Waals surface area contributed by atoms with Gasteiger partial charge in [0.1, 0.15) is 5.60 Å².